The second-order valence-electron chi connectivity index (χ2n) is 4.10. The molecule has 0 saturated carbocycles. The van der Waals surface area contributed by atoms with Gasteiger partial charge in [0.1, 0.15) is 5.03 Å². The van der Waals surface area contributed by atoms with Crippen LogP contribution in [0.1, 0.15) is 0 Å². The first-order chi connectivity index (χ1) is 9.65. The molecule has 5 nitrogen and oxygen atoms in total. The fraction of sp³-hybridized carbons (Fsp3) is 0. The predicted molar refractivity (Wildman–Crippen MR) is 81.7 cm³/mol. The predicted octanol–water partition coefficient (Wildman–Crippen LogP) is 0.776. The van der Waals surface area contributed by atoms with Gasteiger partial charge in [0.2, 0.25) is 0 Å². The second-order valence-corrected chi connectivity index (χ2v) is 5.54. The van der Waals surface area contributed by atoms with Crippen molar-refractivity contribution in [3.05, 3.63) is 46.2 Å². The van der Waals surface area contributed by atoms with Gasteiger partial charge in [-0.3, -0.25) is 9.78 Å². The van der Waals surface area contributed by atoms with Gasteiger partial charge in [0.25, 0.3) is 5.56 Å². The van der Waals surface area contributed by atoms with Gasteiger partial charge in [-0.2, -0.15) is 0 Å². The van der Waals surface area contributed by atoms with Crippen molar-refractivity contribution in [2.45, 2.75) is 9.92 Å². The molecule has 2 heterocycles. The van der Waals surface area contributed by atoms with Crippen LogP contribution in [0.3, 0.4) is 0 Å². The zero-order valence-corrected chi connectivity index (χ0v) is 12.0. The molecule has 0 fully saturated rings. The number of aromatic nitrogens is 4. The number of nitrogens with one attached hydrogen (secondary N) is 1. The standard InChI is InChI=1S/C12H8BClN4OS/c13-8-3-16-9(4-15-8)20-7-2-1-6-10(11(7)14)12(19)18-5-17-6/h1-5H,13H2,(H,17,18,19). The van der Waals surface area contributed by atoms with E-state index in [9.17, 15) is 4.79 Å². The van der Waals surface area contributed by atoms with Gasteiger partial charge < -0.3 is 4.98 Å². The maximum absolute atomic E-state index is 11.8. The fourth-order valence-corrected chi connectivity index (χ4v) is 2.85. The van der Waals surface area contributed by atoms with Gasteiger partial charge >= 0.3 is 0 Å². The molecule has 0 amide bonds. The number of benzene rings is 1. The van der Waals surface area contributed by atoms with Crippen molar-refractivity contribution in [2.24, 2.45) is 0 Å². The Bertz CT molecular complexity index is 837. The van der Waals surface area contributed by atoms with E-state index >= 15 is 0 Å². The quantitative estimate of drug-likeness (QED) is 0.708. The van der Waals surface area contributed by atoms with Crippen LogP contribution in [0.15, 0.2) is 45.6 Å². The molecule has 0 spiro atoms. The third-order valence-corrected chi connectivity index (χ3v) is 4.17. The lowest BCUT2D eigenvalue weighted by molar-refractivity contribution is 1.08. The van der Waals surface area contributed by atoms with Crippen LogP contribution < -0.4 is 11.2 Å². The summed E-state index contributed by atoms with van der Waals surface area (Å²) in [5, 5.41) is 1.49. The van der Waals surface area contributed by atoms with E-state index in [1.807, 2.05) is 13.9 Å². The molecule has 0 saturated heterocycles. The number of aromatic amines is 1. The third-order valence-electron chi connectivity index (χ3n) is 2.68. The Balaban J connectivity index is 2.08. The number of H-pyrrole nitrogens is 1. The van der Waals surface area contributed by atoms with Gasteiger partial charge in [-0.1, -0.05) is 23.4 Å². The number of hydrogen-bond acceptors (Lipinski definition) is 5. The summed E-state index contributed by atoms with van der Waals surface area (Å²) in [6.45, 7) is 0. The van der Waals surface area contributed by atoms with Crippen LogP contribution in [0, 0.1) is 0 Å². The van der Waals surface area contributed by atoms with E-state index in [1.165, 1.54) is 18.1 Å². The number of nitrogens with zero attached hydrogens (tertiary/aromatic N) is 3. The highest BCUT2D eigenvalue weighted by atomic mass is 35.5. The average molecular weight is 303 g/mol. The molecule has 0 bridgehead atoms. The highest BCUT2D eigenvalue weighted by molar-refractivity contribution is 7.99. The zero-order chi connectivity index (χ0) is 14.1. The summed E-state index contributed by atoms with van der Waals surface area (Å²) in [7, 11) is 1.87. The van der Waals surface area contributed by atoms with E-state index in [2.05, 4.69) is 19.9 Å². The molecule has 0 aliphatic carbocycles. The molecule has 8 heteroatoms. The highest BCUT2D eigenvalue weighted by Crippen LogP contribution is 2.34. The van der Waals surface area contributed by atoms with Crippen molar-refractivity contribution in [2.75, 3.05) is 0 Å². The highest BCUT2D eigenvalue weighted by Gasteiger charge is 2.11. The van der Waals surface area contributed by atoms with E-state index in [0.717, 1.165) is 15.5 Å². The van der Waals surface area contributed by atoms with Crippen molar-refractivity contribution >= 4 is 47.7 Å². The lowest BCUT2D eigenvalue weighted by Crippen LogP contribution is -2.08. The van der Waals surface area contributed by atoms with Crippen LogP contribution in [-0.2, 0) is 0 Å². The molecule has 1 N–H and O–H groups in total. The maximum Gasteiger partial charge on any atom is 0.260 e. The minimum absolute atomic E-state index is 0.252. The van der Waals surface area contributed by atoms with Gasteiger partial charge in [0.05, 0.1) is 28.4 Å². The van der Waals surface area contributed by atoms with Gasteiger partial charge in [-0.05, 0) is 12.1 Å². The molecule has 3 rings (SSSR count). The van der Waals surface area contributed by atoms with Crippen LogP contribution in [-0.4, -0.2) is 27.8 Å². The first-order valence-electron chi connectivity index (χ1n) is 5.77. The van der Waals surface area contributed by atoms with Crippen LogP contribution in [0.25, 0.3) is 10.9 Å². The molecule has 0 aliphatic rings. The molecule has 20 heavy (non-hydrogen) atoms. The SMILES string of the molecule is Bc1cnc(Sc2ccc3nc[nH]c(=O)c3c2Cl)cn1. The van der Waals surface area contributed by atoms with E-state index in [0.29, 0.717) is 15.9 Å². The minimum Gasteiger partial charge on any atom is -0.313 e. The first-order valence-corrected chi connectivity index (χ1v) is 6.97. The molecular formula is C12H8BClN4OS. The fourth-order valence-electron chi connectivity index (χ4n) is 1.73. The molecule has 0 aliphatic heterocycles. The summed E-state index contributed by atoms with van der Waals surface area (Å²) < 4.78 is 0. The van der Waals surface area contributed by atoms with Crippen LogP contribution >= 0.6 is 23.4 Å². The van der Waals surface area contributed by atoms with E-state index in [-0.39, 0.29) is 5.56 Å². The van der Waals surface area contributed by atoms with Crippen LogP contribution in [0.2, 0.25) is 5.02 Å². The molecule has 1 aromatic carbocycles. The monoisotopic (exact) mass is 302 g/mol. The lowest BCUT2D eigenvalue weighted by Gasteiger charge is -2.05. The van der Waals surface area contributed by atoms with E-state index in [4.69, 9.17) is 11.6 Å². The second kappa shape index (κ2) is 5.26. The van der Waals surface area contributed by atoms with Gasteiger partial charge in [-0.15, -0.1) is 0 Å². The van der Waals surface area contributed by atoms with Crippen molar-refractivity contribution in [1.82, 2.24) is 19.9 Å². The van der Waals surface area contributed by atoms with E-state index in [1.54, 1.807) is 18.5 Å². The molecule has 2 aromatic heterocycles. The van der Waals surface area contributed by atoms with Gasteiger partial charge in [-0.25, -0.2) is 9.97 Å². The smallest absolute Gasteiger partial charge is 0.260 e. The Morgan fingerprint density at radius 3 is 2.80 bits per heavy atom. The topological polar surface area (TPSA) is 71.5 Å². The summed E-state index contributed by atoms with van der Waals surface area (Å²) in [6.07, 6.45) is 4.72. The number of rotatable bonds is 2. The Morgan fingerprint density at radius 2 is 2.05 bits per heavy atom. The van der Waals surface area contributed by atoms with Crippen molar-refractivity contribution in [3.63, 3.8) is 0 Å². The van der Waals surface area contributed by atoms with E-state index < -0.39 is 0 Å². The van der Waals surface area contributed by atoms with Gasteiger partial charge in [0.15, 0.2) is 7.85 Å². The summed E-state index contributed by atoms with van der Waals surface area (Å²) >= 11 is 7.66. The number of halogens is 1. The van der Waals surface area contributed by atoms with Crippen molar-refractivity contribution < 1.29 is 0 Å². The first kappa shape index (κ1) is 13.1. The Kier molecular flexibility index (Phi) is 3.46. The molecule has 0 radical (unpaired) electrons. The average Bonchev–Trinajstić information content (AvgIpc) is 2.44. The number of fused-ring (bicyclic) bond motifs is 1. The molecule has 3 aromatic rings. The van der Waals surface area contributed by atoms with Crippen LogP contribution in [0.4, 0.5) is 0 Å². The molecule has 0 atom stereocenters. The lowest BCUT2D eigenvalue weighted by atomic mass is 10.1. The van der Waals surface area contributed by atoms with Crippen molar-refractivity contribution in [1.29, 1.82) is 0 Å². The normalized spacial score (nSPS) is 10.8. The summed E-state index contributed by atoms with van der Waals surface area (Å²) in [4.78, 5) is 27.6. The van der Waals surface area contributed by atoms with Crippen LogP contribution in [0.5, 0.6) is 0 Å². The zero-order valence-electron chi connectivity index (χ0n) is 10.4. The summed E-state index contributed by atoms with van der Waals surface area (Å²) in [5.41, 5.74) is 1.16. The Hall–Kier alpha value is -1.86. The van der Waals surface area contributed by atoms with Gasteiger partial charge in [0, 0.05) is 16.7 Å². The maximum atomic E-state index is 11.8. The largest absolute Gasteiger partial charge is 0.313 e. The summed E-state index contributed by atoms with van der Waals surface area (Å²) in [5.74, 6) is 0. The Morgan fingerprint density at radius 1 is 1.20 bits per heavy atom. The summed E-state index contributed by atoms with van der Waals surface area (Å²) in [6, 6.07) is 3.59. The molecule has 0 unspecified atom stereocenters. The Labute approximate surface area is 124 Å². The molecular weight excluding hydrogens is 294 g/mol. The third kappa shape index (κ3) is 2.42. The van der Waals surface area contributed by atoms with Crippen molar-refractivity contribution in [3.8, 4) is 0 Å². The molecule has 98 valence electrons. The number of hydrogen-bond donors (Lipinski definition) is 1. The minimum atomic E-state index is -0.252.